The molecule has 1 aliphatic carbocycles. The van der Waals surface area contributed by atoms with E-state index in [2.05, 4.69) is 60.7 Å². The summed E-state index contributed by atoms with van der Waals surface area (Å²) in [6, 6.07) is 33.2. The molecule has 1 aliphatic rings. The van der Waals surface area contributed by atoms with Crippen LogP contribution >= 0.6 is 0 Å². The number of rotatable bonds is 8. The van der Waals surface area contributed by atoms with Gasteiger partial charge in [-0.2, -0.15) is 0 Å². The van der Waals surface area contributed by atoms with Crippen LogP contribution in [-0.4, -0.2) is 36.6 Å². The number of para-hydroxylation sites is 2. The lowest BCUT2D eigenvalue weighted by Gasteiger charge is -2.43. The van der Waals surface area contributed by atoms with Crippen LogP contribution < -0.4 is 9.47 Å². The highest BCUT2D eigenvalue weighted by Crippen LogP contribution is 2.55. The summed E-state index contributed by atoms with van der Waals surface area (Å²) in [7, 11) is 0. The molecule has 0 saturated heterocycles. The summed E-state index contributed by atoms with van der Waals surface area (Å²) in [5, 5.41) is 19.0. The molecule has 172 valence electrons. The molecule has 0 bridgehead atoms. The highest BCUT2D eigenvalue weighted by atomic mass is 16.5. The standard InChI is InChI=1S/C30H28O4/c31-17-19-33-28-15-7-5-13-26(28)30(27-14-6-8-16-29(27)34-20-18-32)24-11-3-1-9-22(24)21-23-10-2-4-12-25(23)30/h1-16,31-32H,17-21H2. The van der Waals surface area contributed by atoms with E-state index in [1.807, 2.05) is 36.4 Å². The fourth-order valence-electron chi connectivity index (χ4n) is 5.27. The van der Waals surface area contributed by atoms with Crippen LogP contribution in [0.25, 0.3) is 0 Å². The topological polar surface area (TPSA) is 58.9 Å². The van der Waals surface area contributed by atoms with Gasteiger partial charge in [0.15, 0.2) is 0 Å². The zero-order valence-electron chi connectivity index (χ0n) is 19.0. The maximum atomic E-state index is 9.50. The Morgan fingerprint density at radius 2 is 0.912 bits per heavy atom. The molecule has 0 aliphatic heterocycles. The molecule has 0 fully saturated rings. The molecule has 34 heavy (non-hydrogen) atoms. The molecule has 0 radical (unpaired) electrons. The Labute approximate surface area is 200 Å². The van der Waals surface area contributed by atoms with Crippen molar-refractivity contribution in [3.05, 3.63) is 130 Å². The number of ether oxygens (including phenoxy) is 2. The largest absolute Gasteiger partial charge is 0.491 e. The Morgan fingerprint density at radius 1 is 0.529 bits per heavy atom. The summed E-state index contributed by atoms with van der Waals surface area (Å²) < 4.78 is 12.2. The van der Waals surface area contributed by atoms with Crippen molar-refractivity contribution in [3.63, 3.8) is 0 Å². The highest BCUT2D eigenvalue weighted by Gasteiger charge is 2.46. The van der Waals surface area contributed by atoms with Crippen molar-refractivity contribution in [3.8, 4) is 11.5 Å². The first kappa shape index (κ1) is 22.2. The average molecular weight is 453 g/mol. The molecule has 4 aromatic rings. The zero-order valence-corrected chi connectivity index (χ0v) is 19.0. The predicted molar refractivity (Wildman–Crippen MR) is 133 cm³/mol. The first-order valence-electron chi connectivity index (χ1n) is 11.6. The number of hydrogen-bond donors (Lipinski definition) is 2. The molecule has 5 rings (SSSR count). The van der Waals surface area contributed by atoms with Gasteiger partial charge in [0, 0.05) is 11.1 Å². The van der Waals surface area contributed by atoms with Gasteiger partial charge in [-0.1, -0.05) is 84.9 Å². The van der Waals surface area contributed by atoms with Crippen LogP contribution in [0.4, 0.5) is 0 Å². The van der Waals surface area contributed by atoms with E-state index in [0.29, 0.717) is 0 Å². The molecular weight excluding hydrogens is 424 g/mol. The van der Waals surface area contributed by atoms with Crippen molar-refractivity contribution in [1.29, 1.82) is 0 Å². The summed E-state index contributed by atoms with van der Waals surface area (Å²) >= 11 is 0. The van der Waals surface area contributed by atoms with E-state index < -0.39 is 5.41 Å². The van der Waals surface area contributed by atoms with Crippen molar-refractivity contribution in [1.82, 2.24) is 0 Å². The minimum Gasteiger partial charge on any atom is -0.491 e. The Bertz CT molecular complexity index is 1180. The van der Waals surface area contributed by atoms with Gasteiger partial charge in [-0.3, -0.25) is 0 Å². The minimum absolute atomic E-state index is 0.0648. The first-order chi connectivity index (χ1) is 16.8. The van der Waals surface area contributed by atoms with Crippen molar-refractivity contribution in [2.75, 3.05) is 26.4 Å². The van der Waals surface area contributed by atoms with Crippen LogP contribution in [-0.2, 0) is 11.8 Å². The zero-order chi connectivity index (χ0) is 23.4. The van der Waals surface area contributed by atoms with Crippen LogP contribution in [0.3, 0.4) is 0 Å². The molecule has 4 aromatic carbocycles. The summed E-state index contributed by atoms with van der Waals surface area (Å²) in [4.78, 5) is 0. The predicted octanol–water partition coefficient (Wildman–Crippen LogP) is 4.72. The van der Waals surface area contributed by atoms with Gasteiger partial charge in [0.1, 0.15) is 24.7 Å². The third-order valence-electron chi connectivity index (χ3n) is 6.50. The molecule has 0 heterocycles. The third-order valence-corrected chi connectivity index (χ3v) is 6.50. The van der Waals surface area contributed by atoms with Crippen molar-refractivity contribution >= 4 is 0 Å². The minimum atomic E-state index is -0.705. The van der Waals surface area contributed by atoms with Gasteiger partial charge in [0.25, 0.3) is 0 Å². The molecule has 0 saturated carbocycles. The smallest absolute Gasteiger partial charge is 0.124 e. The monoisotopic (exact) mass is 452 g/mol. The van der Waals surface area contributed by atoms with Gasteiger partial charge in [-0.15, -0.1) is 0 Å². The lowest BCUT2D eigenvalue weighted by Crippen LogP contribution is -2.37. The van der Waals surface area contributed by atoms with E-state index in [1.165, 1.54) is 22.3 Å². The Balaban J connectivity index is 1.91. The van der Waals surface area contributed by atoms with Gasteiger partial charge in [0.05, 0.1) is 18.6 Å². The fraction of sp³-hybridized carbons (Fsp3) is 0.200. The molecule has 0 aromatic heterocycles. The van der Waals surface area contributed by atoms with Crippen molar-refractivity contribution < 1.29 is 19.7 Å². The Kier molecular flexibility index (Phi) is 6.35. The summed E-state index contributed by atoms with van der Waals surface area (Å²) in [5.74, 6) is 1.44. The second-order valence-corrected chi connectivity index (χ2v) is 8.38. The van der Waals surface area contributed by atoms with Crippen LogP contribution in [0.5, 0.6) is 11.5 Å². The second-order valence-electron chi connectivity index (χ2n) is 8.38. The molecule has 2 N–H and O–H groups in total. The van der Waals surface area contributed by atoms with Crippen molar-refractivity contribution in [2.24, 2.45) is 0 Å². The third kappa shape index (κ3) is 3.65. The molecule has 0 amide bonds. The van der Waals surface area contributed by atoms with Crippen LogP contribution in [0.2, 0.25) is 0 Å². The summed E-state index contributed by atoms with van der Waals surface area (Å²) in [5.41, 5.74) is 6.11. The van der Waals surface area contributed by atoms with Crippen LogP contribution in [0, 0.1) is 0 Å². The Morgan fingerprint density at radius 3 is 1.35 bits per heavy atom. The van der Waals surface area contributed by atoms with Crippen LogP contribution in [0.15, 0.2) is 97.1 Å². The normalized spacial score (nSPS) is 13.6. The van der Waals surface area contributed by atoms with E-state index >= 15 is 0 Å². The number of fused-ring (bicyclic) bond motifs is 2. The van der Waals surface area contributed by atoms with E-state index in [0.717, 1.165) is 29.0 Å². The number of benzene rings is 4. The first-order valence-corrected chi connectivity index (χ1v) is 11.6. The molecule has 4 heteroatoms. The number of hydrogen-bond acceptors (Lipinski definition) is 4. The van der Waals surface area contributed by atoms with Gasteiger partial charge >= 0.3 is 0 Å². The van der Waals surface area contributed by atoms with E-state index in [9.17, 15) is 10.2 Å². The van der Waals surface area contributed by atoms with Crippen molar-refractivity contribution in [2.45, 2.75) is 11.8 Å². The quantitative estimate of drug-likeness (QED) is 0.358. The lowest BCUT2D eigenvalue weighted by molar-refractivity contribution is 0.197. The van der Waals surface area contributed by atoms with E-state index in [-0.39, 0.29) is 26.4 Å². The fourth-order valence-corrected chi connectivity index (χ4v) is 5.27. The molecule has 0 unspecified atom stereocenters. The van der Waals surface area contributed by atoms with Gasteiger partial charge in [-0.25, -0.2) is 0 Å². The molecule has 0 spiro atoms. The Hall–Kier alpha value is -3.60. The molecular formula is C30H28O4. The SMILES string of the molecule is OCCOc1ccccc1C1(c2ccccc2OCCO)c2ccccc2Cc2ccccc21. The van der Waals surface area contributed by atoms with Gasteiger partial charge in [-0.05, 0) is 40.8 Å². The van der Waals surface area contributed by atoms with Gasteiger partial charge in [0.2, 0.25) is 0 Å². The highest BCUT2D eigenvalue weighted by molar-refractivity contribution is 5.70. The van der Waals surface area contributed by atoms with Crippen LogP contribution in [0.1, 0.15) is 33.4 Å². The maximum absolute atomic E-state index is 9.50. The summed E-state index contributed by atoms with van der Waals surface area (Å²) in [6.45, 7) is 0.285. The maximum Gasteiger partial charge on any atom is 0.124 e. The van der Waals surface area contributed by atoms with E-state index in [1.54, 1.807) is 0 Å². The number of aliphatic hydroxyl groups is 2. The molecule has 0 atom stereocenters. The average Bonchev–Trinajstić information content (AvgIpc) is 2.90. The second kappa shape index (κ2) is 9.72. The number of aliphatic hydroxyl groups excluding tert-OH is 2. The molecule has 4 nitrogen and oxygen atoms in total. The van der Waals surface area contributed by atoms with E-state index in [4.69, 9.17) is 9.47 Å². The van der Waals surface area contributed by atoms with Gasteiger partial charge < -0.3 is 19.7 Å². The lowest BCUT2D eigenvalue weighted by atomic mass is 9.59. The summed E-state index contributed by atoms with van der Waals surface area (Å²) in [6.07, 6.45) is 0.841.